The van der Waals surface area contributed by atoms with E-state index in [0.29, 0.717) is 9.23 Å². The molecule has 0 N–H and O–H groups in total. The van der Waals surface area contributed by atoms with Gasteiger partial charge in [-0.2, -0.15) is 0 Å². The molecule has 1 saturated heterocycles. The predicted octanol–water partition coefficient (Wildman–Crippen LogP) is 3.06. The van der Waals surface area contributed by atoms with E-state index in [0.717, 1.165) is 11.3 Å². The third-order valence-electron chi connectivity index (χ3n) is 2.26. The van der Waals surface area contributed by atoms with E-state index in [1.807, 2.05) is 31.2 Å². The van der Waals surface area contributed by atoms with Gasteiger partial charge in [-0.1, -0.05) is 24.0 Å². The first-order valence-electron chi connectivity index (χ1n) is 5.01. The topological polar surface area (TPSA) is 33.5 Å². The molecule has 2 heterocycles. The number of amides is 1. The number of thioether (sulfide) groups is 1. The maximum absolute atomic E-state index is 11.8. The van der Waals surface area contributed by atoms with Gasteiger partial charge in [0.15, 0.2) is 0 Å². The van der Waals surface area contributed by atoms with Crippen LogP contribution in [0.4, 0.5) is 0 Å². The van der Waals surface area contributed by atoms with Crippen molar-refractivity contribution in [2.24, 2.45) is 0 Å². The molecule has 1 aromatic rings. The fourth-order valence-electron chi connectivity index (χ4n) is 1.39. The Morgan fingerprint density at radius 1 is 1.59 bits per heavy atom. The van der Waals surface area contributed by atoms with E-state index in [1.54, 1.807) is 13.3 Å². The minimum atomic E-state index is -0.0489. The van der Waals surface area contributed by atoms with Crippen molar-refractivity contribution in [1.82, 2.24) is 4.90 Å². The van der Waals surface area contributed by atoms with Crippen molar-refractivity contribution in [2.75, 3.05) is 7.05 Å². The van der Waals surface area contributed by atoms with E-state index in [2.05, 4.69) is 0 Å². The number of hydrogen-bond acceptors (Lipinski definition) is 4. The quantitative estimate of drug-likeness (QED) is 0.608. The summed E-state index contributed by atoms with van der Waals surface area (Å²) in [5, 5.41) is 0. The summed E-state index contributed by atoms with van der Waals surface area (Å²) in [6.07, 6.45) is 5.32. The lowest BCUT2D eigenvalue weighted by molar-refractivity contribution is -0.121. The third kappa shape index (κ3) is 2.68. The lowest BCUT2D eigenvalue weighted by Gasteiger charge is -2.03. The molecule has 2 rings (SSSR count). The number of thiocarbonyl (C=S) groups is 1. The van der Waals surface area contributed by atoms with Crippen molar-refractivity contribution in [2.45, 2.75) is 6.92 Å². The highest BCUT2D eigenvalue weighted by atomic mass is 32.2. The first kappa shape index (κ1) is 12.1. The Morgan fingerprint density at radius 2 is 2.35 bits per heavy atom. The summed E-state index contributed by atoms with van der Waals surface area (Å²) in [4.78, 5) is 13.9. The van der Waals surface area contributed by atoms with Gasteiger partial charge in [-0.3, -0.25) is 9.69 Å². The molecule has 0 radical (unpaired) electrons. The molecule has 0 spiro atoms. The molecule has 1 aliphatic heterocycles. The van der Waals surface area contributed by atoms with E-state index in [1.165, 1.54) is 16.7 Å². The largest absolute Gasteiger partial charge is 0.465 e. The average Bonchev–Trinajstić information content (AvgIpc) is 2.85. The van der Waals surface area contributed by atoms with E-state index in [9.17, 15) is 4.79 Å². The Morgan fingerprint density at radius 3 is 2.88 bits per heavy atom. The fraction of sp³-hybridized carbons (Fsp3) is 0.167. The zero-order valence-electron chi connectivity index (χ0n) is 9.47. The summed E-state index contributed by atoms with van der Waals surface area (Å²) in [5.74, 6) is 0.720. The summed E-state index contributed by atoms with van der Waals surface area (Å²) >= 11 is 6.37. The Bertz CT molecular complexity index is 515. The molecule has 0 unspecified atom stereocenters. The van der Waals surface area contributed by atoms with Crippen molar-refractivity contribution in [3.63, 3.8) is 0 Å². The Kier molecular flexibility index (Phi) is 3.49. The number of carbonyl (C=O) groups excluding carboxylic acids is 1. The Labute approximate surface area is 109 Å². The van der Waals surface area contributed by atoms with Crippen LogP contribution >= 0.6 is 24.0 Å². The lowest BCUT2D eigenvalue weighted by atomic mass is 10.2. The van der Waals surface area contributed by atoms with Gasteiger partial charge >= 0.3 is 0 Å². The Balaban J connectivity index is 2.21. The third-order valence-corrected chi connectivity index (χ3v) is 3.74. The molecule has 1 aromatic heterocycles. The number of hydrogen-bond donors (Lipinski definition) is 0. The predicted molar refractivity (Wildman–Crippen MR) is 73.4 cm³/mol. The van der Waals surface area contributed by atoms with Crippen molar-refractivity contribution in [3.8, 4) is 0 Å². The van der Waals surface area contributed by atoms with Gasteiger partial charge in [-0.25, -0.2) is 0 Å². The van der Waals surface area contributed by atoms with Crippen LogP contribution in [0.1, 0.15) is 12.7 Å². The van der Waals surface area contributed by atoms with E-state index < -0.39 is 0 Å². The van der Waals surface area contributed by atoms with Crippen molar-refractivity contribution >= 4 is 40.3 Å². The molecule has 0 aromatic carbocycles. The van der Waals surface area contributed by atoms with Crippen LogP contribution in [-0.4, -0.2) is 22.2 Å². The van der Waals surface area contributed by atoms with Crippen LogP contribution in [-0.2, 0) is 4.79 Å². The maximum Gasteiger partial charge on any atom is 0.265 e. The number of carbonyl (C=O) groups is 1. The first-order valence-corrected chi connectivity index (χ1v) is 6.24. The normalized spacial score (nSPS) is 19.5. The summed E-state index contributed by atoms with van der Waals surface area (Å²) in [5.41, 5.74) is 0.953. The molecule has 88 valence electrons. The number of rotatable bonds is 2. The van der Waals surface area contributed by atoms with Crippen molar-refractivity contribution in [1.29, 1.82) is 0 Å². The number of furan rings is 1. The van der Waals surface area contributed by atoms with Gasteiger partial charge in [0.25, 0.3) is 5.91 Å². The fourth-order valence-corrected chi connectivity index (χ4v) is 2.62. The number of allylic oxidation sites excluding steroid dienone is 2. The second-order valence-corrected chi connectivity index (χ2v) is 5.32. The van der Waals surface area contributed by atoms with Crippen LogP contribution in [0.3, 0.4) is 0 Å². The maximum atomic E-state index is 11.8. The van der Waals surface area contributed by atoms with Crippen LogP contribution in [0.25, 0.3) is 6.08 Å². The molecule has 0 aliphatic carbocycles. The molecule has 0 bridgehead atoms. The molecular weight excluding hydrogens is 254 g/mol. The minimum absolute atomic E-state index is 0.0489. The SMILES string of the molecule is CC(=C\c1ccco1)/C=C1/SC(=S)N(C)C1=O. The summed E-state index contributed by atoms with van der Waals surface area (Å²) in [7, 11) is 1.68. The van der Waals surface area contributed by atoms with E-state index in [4.69, 9.17) is 16.6 Å². The van der Waals surface area contributed by atoms with Crippen LogP contribution in [0.5, 0.6) is 0 Å². The van der Waals surface area contributed by atoms with Gasteiger partial charge < -0.3 is 4.42 Å². The average molecular weight is 265 g/mol. The Hall–Kier alpha value is -1.33. The van der Waals surface area contributed by atoms with Gasteiger partial charge in [-0.15, -0.1) is 0 Å². The molecule has 1 amide bonds. The van der Waals surface area contributed by atoms with Crippen LogP contribution in [0.15, 0.2) is 39.4 Å². The van der Waals surface area contributed by atoms with Gasteiger partial charge in [0.1, 0.15) is 10.1 Å². The lowest BCUT2D eigenvalue weighted by Crippen LogP contribution is -2.22. The molecule has 17 heavy (non-hydrogen) atoms. The van der Waals surface area contributed by atoms with Gasteiger partial charge in [0, 0.05) is 7.05 Å². The van der Waals surface area contributed by atoms with Crippen molar-refractivity contribution in [3.05, 3.63) is 40.7 Å². The standard InChI is InChI=1S/C12H11NO2S2/c1-8(6-9-4-3-5-15-9)7-10-11(14)13(2)12(16)17-10/h3-7H,1-2H3/b8-6+,10-7+. The second kappa shape index (κ2) is 4.89. The van der Waals surface area contributed by atoms with Gasteiger partial charge in [0.05, 0.1) is 11.2 Å². The van der Waals surface area contributed by atoms with Crippen LogP contribution in [0.2, 0.25) is 0 Å². The summed E-state index contributed by atoms with van der Waals surface area (Å²) < 4.78 is 5.79. The minimum Gasteiger partial charge on any atom is -0.465 e. The number of likely N-dealkylation sites (N-methyl/N-ethyl adjacent to an activating group) is 1. The molecule has 3 nitrogen and oxygen atoms in total. The van der Waals surface area contributed by atoms with Crippen molar-refractivity contribution < 1.29 is 9.21 Å². The molecule has 1 aliphatic rings. The summed E-state index contributed by atoms with van der Waals surface area (Å²) in [6, 6.07) is 3.69. The zero-order valence-corrected chi connectivity index (χ0v) is 11.1. The van der Waals surface area contributed by atoms with E-state index in [-0.39, 0.29) is 5.91 Å². The van der Waals surface area contributed by atoms with Crippen LogP contribution in [0, 0.1) is 0 Å². The molecule has 0 saturated carbocycles. The van der Waals surface area contributed by atoms with E-state index >= 15 is 0 Å². The summed E-state index contributed by atoms with van der Waals surface area (Å²) in [6.45, 7) is 1.92. The smallest absolute Gasteiger partial charge is 0.265 e. The molecule has 1 fully saturated rings. The molecular formula is C12H11NO2S2. The van der Waals surface area contributed by atoms with Gasteiger partial charge in [-0.05, 0) is 36.8 Å². The molecule has 5 heteroatoms. The first-order chi connectivity index (χ1) is 8.08. The van der Waals surface area contributed by atoms with Gasteiger partial charge in [0.2, 0.25) is 0 Å². The van der Waals surface area contributed by atoms with Crippen LogP contribution < -0.4 is 0 Å². The second-order valence-electron chi connectivity index (χ2n) is 3.64. The highest BCUT2D eigenvalue weighted by Gasteiger charge is 2.28. The highest BCUT2D eigenvalue weighted by molar-refractivity contribution is 8.26. The molecule has 0 atom stereocenters. The monoisotopic (exact) mass is 265 g/mol. The number of nitrogens with zero attached hydrogens (tertiary/aromatic N) is 1. The zero-order chi connectivity index (χ0) is 12.4. The highest BCUT2D eigenvalue weighted by Crippen LogP contribution is 2.30.